The summed E-state index contributed by atoms with van der Waals surface area (Å²) < 4.78 is 0. The Bertz CT molecular complexity index is 406. The fourth-order valence-corrected chi connectivity index (χ4v) is 3.30. The summed E-state index contributed by atoms with van der Waals surface area (Å²) in [5.74, 6) is 5.90. The zero-order chi connectivity index (χ0) is 13.8. The second-order valence-corrected chi connectivity index (χ2v) is 5.79. The van der Waals surface area contributed by atoms with E-state index in [1.807, 2.05) is 0 Å². The van der Waals surface area contributed by atoms with E-state index in [0.717, 1.165) is 31.4 Å². The number of piperazine rings is 1. The molecule has 1 aromatic heterocycles. The van der Waals surface area contributed by atoms with E-state index in [-0.39, 0.29) is 0 Å². The van der Waals surface area contributed by atoms with E-state index >= 15 is 0 Å². The minimum absolute atomic E-state index is 0.611. The van der Waals surface area contributed by atoms with Gasteiger partial charge in [0, 0.05) is 38.8 Å². The van der Waals surface area contributed by atoms with Gasteiger partial charge in [-0.2, -0.15) is 0 Å². The van der Waals surface area contributed by atoms with Crippen LogP contribution >= 0.6 is 0 Å². The highest BCUT2D eigenvalue weighted by atomic mass is 15.3. The summed E-state index contributed by atoms with van der Waals surface area (Å²) in [6.07, 6.45) is 9.13. The van der Waals surface area contributed by atoms with E-state index in [4.69, 9.17) is 5.84 Å². The Balaban J connectivity index is 1.47. The molecule has 1 aliphatic carbocycles. The van der Waals surface area contributed by atoms with Gasteiger partial charge in [0.05, 0.1) is 18.1 Å². The van der Waals surface area contributed by atoms with Crippen molar-refractivity contribution in [2.24, 2.45) is 5.84 Å². The zero-order valence-electron chi connectivity index (χ0n) is 12.0. The summed E-state index contributed by atoms with van der Waals surface area (Å²) in [6.45, 7) is 5.54. The average Bonchev–Trinajstić information content (AvgIpc) is 3.03. The first-order valence-electron chi connectivity index (χ1n) is 7.59. The second kappa shape index (κ2) is 6.47. The molecule has 0 aromatic carbocycles. The van der Waals surface area contributed by atoms with Gasteiger partial charge in [0.1, 0.15) is 0 Å². The molecular weight excluding hydrogens is 252 g/mol. The minimum Gasteiger partial charge on any atom is -0.307 e. The van der Waals surface area contributed by atoms with Crippen molar-refractivity contribution in [1.29, 1.82) is 0 Å². The molecule has 2 heterocycles. The van der Waals surface area contributed by atoms with Crippen LogP contribution in [0.4, 0.5) is 5.82 Å². The highest BCUT2D eigenvalue weighted by molar-refractivity contribution is 5.28. The molecule has 3 N–H and O–H groups in total. The van der Waals surface area contributed by atoms with Crippen LogP contribution in [0.3, 0.4) is 0 Å². The van der Waals surface area contributed by atoms with Crippen molar-refractivity contribution in [3.8, 4) is 0 Å². The molecule has 1 saturated heterocycles. The third-order valence-electron chi connectivity index (χ3n) is 4.49. The number of hydrogen-bond donors (Lipinski definition) is 2. The lowest BCUT2D eigenvalue weighted by atomic mass is 10.2. The molecule has 0 spiro atoms. The molecule has 0 amide bonds. The lowest BCUT2D eigenvalue weighted by Crippen LogP contribution is -2.49. The number of nitrogens with one attached hydrogen (secondary N) is 1. The molecule has 1 aliphatic heterocycles. The van der Waals surface area contributed by atoms with Gasteiger partial charge in [0.15, 0.2) is 5.82 Å². The van der Waals surface area contributed by atoms with Gasteiger partial charge in [-0.1, -0.05) is 12.8 Å². The van der Waals surface area contributed by atoms with E-state index in [1.54, 1.807) is 12.4 Å². The zero-order valence-corrected chi connectivity index (χ0v) is 12.0. The van der Waals surface area contributed by atoms with Crippen molar-refractivity contribution in [3.05, 3.63) is 18.1 Å². The number of hydrazine groups is 1. The van der Waals surface area contributed by atoms with Crippen molar-refractivity contribution < 1.29 is 0 Å². The van der Waals surface area contributed by atoms with Crippen LogP contribution in [0.25, 0.3) is 0 Å². The molecule has 0 bridgehead atoms. The SMILES string of the molecule is NNc1cnc(CN2CCN(C3CCCC3)CC2)cn1. The van der Waals surface area contributed by atoms with Gasteiger partial charge >= 0.3 is 0 Å². The first-order valence-corrected chi connectivity index (χ1v) is 7.59. The van der Waals surface area contributed by atoms with Gasteiger partial charge in [-0.05, 0) is 12.8 Å². The molecule has 1 saturated carbocycles. The Hall–Kier alpha value is -1.24. The highest BCUT2D eigenvalue weighted by Gasteiger charge is 2.26. The Morgan fingerprint density at radius 3 is 2.45 bits per heavy atom. The fraction of sp³-hybridized carbons (Fsp3) is 0.714. The van der Waals surface area contributed by atoms with Crippen LogP contribution in [-0.4, -0.2) is 52.0 Å². The highest BCUT2D eigenvalue weighted by Crippen LogP contribution is 2.24. The summed E-state index contributed by atoms with van der Waals surface area (Å²) in [4.78, 5) is 13.7. The van der Waals surface area contributed by atoms with Crippen LogP contribution in [0.2, 0.25) is 0 Å². The van der Waals surface area contributed by atoms with Gasteiger partial charge in [-0.15, -0.1) is 0 Å². The Morgan fingerprint density at radius 1 is 1.10 bits per heavy atom. The maximum Gasteiger partial charge on any atom is 0.158 e. The number of hydrogen-bond acceptors (Lipinski definition) is 6. The molecule has 1 aromatic rings. The van der Waals surface area contributed by atoms with Crippen LogP contribution in [0, 0.1) is 0 Å². The van der Waals surface area contributed by atoms with Crippen LogP contribution < -0.4 is 11.3 Å². The predicted octanol–water partition coefficient (Wildman–Crippen LogP) is 0.822. The topological polar surface area (TPSA) is 70.3 Å². The first-order chi connectivity index (χ1) is 9.85. The van der Waals surface area contributed by atoms with Crippen molar-refractivity contribution in [3.63, 3.8) is 0 Å². The quantitative estimate of drug-likeness (QED) is 0.627. The molecule has 6 heteroatoms. The smallest absolute Gasteiger partial charge is 0.158 e. The molecule has 0 unspecified atom stereocenters. The van der Waals surface area contributed by atoms with Crippen molar-refractivity contribution in [2.75, 3.05) is 31.6 Å². The first kappa shape index (κ1) is 13.7. The van der Waals surface area contributed by atoms with Crippen LogP contribution in [-0.2, 0) is 6.54 Å². The van der Waals surface area contributed by atoms with E-state index in [9.17, 15) is 0 Å². The number of anilines is 1. The number of nitrogens with zero attached hydrogens (tertiary/aromatic N) is 4. The second-order valence-electron chi connectivity index (χ2n) is 5.79. The van der Waals surface area contributed by atoms with Gasteiger partial charge in [-0.3, -0.25) is 14.8 Å². The summed E-state index contributed by atoms with van der Waals surface area (Å²) in [6, 6.07) is 0.854. The van der Waals surface area contributed by atoms with Crippen molar-refractivity contribution in [2.45, 2.75) is 38.3 Å². The van der Waals surface area contributed by atoms with E-state index in [2.05, 4.69) is 25.2 Å². The lowest BCUT2D eigenvalue weighted by Gasteiger charge is -2.37. The standard InChI is InChI=1S/C14H24N6/c15-18-14-10-16-12(9-17-14)11-19-5-7-20(8-6-19)13-3-1-2-4-13/h9-10,13H,1-8,11,15H2,(H,17,18). The third kappa shape index (κ3) is 3.26. The number of aromatic nitrogens is 2. The third-order valence-corrected chi connectivity index (χ3v) is 4.49. The van der Waals surface area contributed by atoms with Crippen molar-refractivity contribution >= 4 is 5.82 Å². The fourth-order valence-electron chi connectivity index (χ4n) is 3.30. The number of nitrogens with two attached hydrogens (primary N) is 1. The summed E-state index contributed by atoms with van der Waals surface area (Å²) >= 11 is 0. The summed E-state index contributed by atoms with van der Waals surface area (Å²) in [7, 11) is 0. The largest absolute Gasteiger partial charge is 0.307 e. The van der Waals surface area contributed by atoms with Crippen LogP contribution in [0.15, 0.2) is 12.4 Å². The van der Waals surface area contributed by atoms with Gasteiger partial charge in [0.25, 0.3) is 0 Å². The normalized spacial score (nSPS) is 22.2. The van der Waals surface area contributed by atoms with E-state index in [1.165, 1.54) is 38.8 Å². The summed E-state index contributed by atoms with van der Waals surface area (Å²) in [5.41, 5.74) is 3.51. The van der Waals surface area contributed by atoms with Gasteiger partial charge < -0.3 is 5.43 Å². The molecule has 2 fully saturated rings. The molecular formula is C14H24N6. The number of rotatable bonds is 4. The Morgan fingerprint density at radius 2 is 1.85 bits per heavy atom. The molecule has 20 heavy (non-hydrogen) atoms. The maximum atomic E-state index is 5.29. The molecule has 6 nitrogen and oxygen atoms in total. The molecule has 0 atom stereocenters. The predicted molar refractivity (Wildman–Crippen MR) is 78.9 cm³/mol. The minimum atomic E-state index is 0.611. The van der Waals surface area contributed by atoms with E-state index in [0.29, 0.717) is 5.82 Å². The molecule has 2 aliphatic rings. The monoisotopic (exact) mass is 276 g/mol. The van der Waals surface area contributed by atoms with Gasteiger partial charge in [0.2, 0.25) is 0 Å². The Labute approximate surface area is 120 Å². The van der Waals surface area contributed by atoms with Gasteiger partial charge in [-0.25, -0.2) is 10.8 Å². The Kier molecular flexibility index (Phi) is 4.44. The van der Waals surface area contributed by atoms with Crippen LogP contribution in [0.5, 0.6) is 0 Å². The summed E-state index contributed by atoms with van der Waals surface area (Å²) in [5, 5.41) is 0. The maximum absolute atomic E-state index is 5.29. The molecule has 110 valence electrons. The van der Waals surface area contributed by atoms with E-state index < -0.39 is 0 Å². The number of nitrogen functional groups attached to an aromatic ring is 1. The average molecular weight is 276 g/mol. The van der Waals surface area contributed by atoms with Crippen molar-refractivity contribution in [1.82, 2.24) is 19.8 Å². The molecule has 3 rings (SSSR count). The lowest BCUT2D eigenvalue weighted by molar-refractivity contribution is 0.0929. The molecule has 0 radical (unpaired) electrons. The van der Waals surface area contributed by atoms with Crippen LogP contribution in [0.1, 0.15) is 31.4 Å².